The number of rotatable bonds is 2. The largest absolute Gasteiger partial charge is 0.282 e. The fourth-order valence-corrected chi connectivity index (χ4v) is 2.08. The summed E-state index contributed by atoms with van der Waals surface area (Å²) in [7, 11) is 0. The quantitative estimate of drug-likeness (QED) is 0.678. The third kappa shape index (κ3) is 2.58. The maximum absolute atomic E-state index is 13.1. The number of para-hydroxylation sites is 1. The van der Waals surface area contributed by atoms with Crippen LogP contribution in [0, 0.1) is 12.7 Å². The monoisotopic (exact) mass is 281 g/mol. The first-order valence-electron chi connectivity index (χ1n) is 6.43. The highest BCUT2D eigenvalue weighted by Crippen LogP contribution is 2.07. The number of hydrogen-bond acceptors (Lipinski definition) is 3. The molecular weight excluding hydrogens is 269 g/mol. The van der Waals surface area contributed by atoms with E-state index in [9.17, 15) is 9.18 Å². The lowest BCUT2D eigenvalue weighted by Crippen LogP contribution is -2.20. The predicted octanol–water partition coefficient (Wildman–Crippen LogP) is 2.73. The summed E-state index contributed by atoms with van der Waals surface area (Å²) in [6, 6.07) is 13.1. The Hall–Kier alpha value is -2.82. The van der Waals surface area contributed by atoms with E-state index in [1.807, 2.05) is 6.07 Å². The zero-order valence-corrected chi connectivity index (χ0v) is 11.3. The van der Waals surface area contributed by atoms with Crippen molar-refractivity contribution in [3.8, 4) is 0 Å². The van der Waals surface area contributed by atoms with Crippen molar-refractivity contribution in [2.45, 2.75) is 6.92 Å². The van der Waals surface area contributed by atoms with E-state index in [1.54, 1.807) is 37.3 Å². The third-order valence-electron chi connectivity index (χ3n) is 3.09. The molecule has 0 fully saturated rings. The number of aryl methyl sites for hydroxylation is 1. The number of benzene rings is 2. The van der Waals surface area contributed by atoms with E-state index in [2.05, 4.69) is 10.1 Å². The Kier molecular flexibility index (Phi) is 3.31. The summed E-state index contributed by atoms with van der Waals surface area (Å²) >= 11 is 0. The molecule has 1 aromatic heterocycles. The number of nitrogens with zero attached hydrogens (tertiary/aromatic N) is 3. The van der Waals surface area contributed by atoms with Crippen LogP contribution in [-0.4, -0.2) is 15.9 Å². The molecule has 0 aliphatic rings. The highest BCUT2D eigenvalue weighted by atomic mass is 19.1. The topological polar surface area (TPSA) is 47.2 Å². The van der Waals surface area contributed by atoms with Crippen molar-refractivity contribution in [2.24, 2.45) is 5.10 Å². The van der Waals surface area contributed by atoms with E-state index in [0.717, 1.165) is 0 Å². The van der Waals surface area contributed by atoms with Gasteiger partial charge in [0.1, 0.15) is 11.6 Å². The van der Waals surface area contributed by atoms with E-state index >= 15 is 0 Å². The molecule has 1 heterocycles. The van der Waals surface area contributed by atoms with Crippen LogP contribution in [0.3, 0.4) is 0 Å². The lowest BCUT2D eigenvalue weighted by Gasteiger charge is -2.04. The maximum atomic E-state index is 13.1. The number of aromatic nitrogens is 2. The van der Waals surface area contributed by atoms with Gasteiger partial charge in [0.2, 0.25) is 0 Å². The summed E-state index contributed by atoms with van der Waals surface area (Å²) in [6.45, 7) is 1.71. The molecule has 3 rings (SSSR count). The van der Waals surface area contributed by atoms with Crippen molar-refractivity contribution in [3.05, 3.63) is 76.1 Å². The predicted molar refractivity (Wildman–Crippen MR) is 80.1 cm³/mol. The first kappa shape index (κ1) is 13.2. The minimum Gasteiger partial charge on any atom is -0.267 e. The van der Waals surface area contributed by atoms with Crippen LogP contribution in [0.15, 0.2) is 58.4 Å². The summed E-state index contributed by atoms with van der Waals surface area (Å²) in [5.41, 5.74) is 0.970. The number of hydrogen-bond donors (Lipinski definition) is 0. The van der Waals surface area contributed by atoms with Gasteiger partial charge in [-0.15, -0.1) is 0 Å². The van der Waals surface area contributed by atoms with Gasteiger partial charge in [-0.25, -0.2) is 9.37 Å². The van der Waals surface area contributed by atoms with Crippen LogP contribution in [-0.2, 0) is 0 Å². The normalized spacial score (nSPS) is 11.3. The molecule has 0 spiro atoms. The molecule has 0 N–H and O–H groups in total. The van der Waals surface area contributed by atoms with Crippen molar-refractivity contribution in [2.75, 3.05) is 0 Å². The minimum absolute atomic E-state index is 0.245. The second kappa shape index (κ2) is 5.28. The summed E-state index contributed by atoms with van der Waals surface area (Å²) in [4.78, 5) is 16.7. The first-order valence-corrected chi connectivity index (χ1v) is 6.43. The molecule has 0 saturated heterocycles. The van der Waals surface area contributed by atoms with Crippen LogP contribution in [0.1, 0.15) is 11.4 Å². The first-order chi connectivity index (χ1) is 10.1. The Bertz CT molecular complexity index is 899. The standard InChI is InChI=1S/C16H12FN3O/c1-11-19-15-8-3-2-7-14(15)16(21)20(11)18-10-12-5-4-6-13(17)9-12/h2-10H,1H3. The molecule has 0 unspecified atom stereocenters. The molecule has 104 valence electrons. The van der Waals surface area contributed by atoms with Gasteiger partial charge in [-0.3, -0.25) is 4.79 Å². The zero-order valence-electron chi connectivity index (χ0n) is 11.3. The molecule has 3 aromatic rings. The highest BCUT2D eigenvalue weighted by Gasteiger charge is 2.06. The third-order valence-corrected chi connectivity index (χ3v) is 3.09. The summed E-state index contributed by atoms with van der Waals surface area (Å²) in [5, 5.41) is 4.62. The van der Waals surface area contributed by atoms with Gasteiger partial charge in [0.15, 0.2) is 0 Å². The maximum Gasteiger partial charge on any atom is 0.282 e. The van der Waals surface area contributed by atoms with Crippen molar-refractivity contribution >= 4 is 17.1 Å². The number of halogens is 1. The Morgan fingerprint density at radius 1 is 1.19 bits per heavy atom. The molecule has 21 heavy (non-hydrogen) atoms. The molecule has 0 amide bonds. The fraction of sp³-hybridized carbons (Fsp3) is 0.0625. The van der Waals surface area contributed by atoms with Crippen molar-refractivity contribution in [3.63, 3.8) is 0 Å². The lowest BCUT2D eigenvalue weighted by molar-refractivity contribution is 0.627. The smallest absolute Gasteiger partial charge is 0.267 e. The van der Waals surface area contributed by atoms with Crippen LogP contribution < -0.4 is 5.56 Å². The van der Waals surface area contributed by atoms with Gasteiger partial charge in [-0.2, -0.15) is 9.78 Å². The van der Waals surface area contributed by atoms with Crippen LogP contribution in [0.2, 0.25) is 0 Å². The molecular formula is C16H12FN3O. The fourth-order valence-electron chi connectivity index (χ4n) is 2.08. The van der Waals surface area contributed by atoms with E-state index in [0.29, 0.717) is 22.3 Å². The lowest BCUT2D eigenvalue weighted by atomic mass is 10.2. The van der Waals surface area contributed by atoms with Crippen LogP contribution >= 0.6 is 0 Å². The van der Waals surface area contributed by atoms with Gasteiger partial charge in [0, 0.05) is 0 Å². The van der Waals surface area contributed by atoms with Gasteiger partial charge in [-0.1, -0.05) is 24.3 Å². The molecule has 5 heteroatoms. The van der Waals surface area contributed by atoms with Gasteiger partial charge >= 0.3 is 0 Å². The average molecular weight is 281 g/mol. The summed E-state index contributed by atoms with van der Waals surface area (Å²) < 4.78 is 14.3. The minimum atomic E-state index is -0.348. The van der Waals surface area contributed by atoms with Gasteiger partial charge in [0.05, 0.1) is 17.1 Å². The molecule has 0 saturated carbocycles. The zero-order chi connectivity index (χ0) is 14.8. The highest BCUT2D eigenvalue weighted by molar-refractivity contribution is 5.80. The van der Waals surface area contributed by atoms with Gasteiger partial charge in [0.25, 0.3) is 5.56 Å². The molecule has 2 aromatic carbocycles. The molecule has 0 atom stereocenters. The van der Waals surface area contributed by atoms with Crippen molar-refractivity contribution in [1.82, 2.24) is 9.66 Å². The van der Waals surface area contributed by atoms with Crippen LogP contribution in [0.4, 0.5) is 4.39 Å². The SMILES string of the molecule is Cc1nc2ccccc2c(=O)n1N=Cc1cccc(F)c1. The van der Waals surface area contributed by atoms with Gasteiger partial charge in [-0.05, 0) is 36.8 Å². The Balaban J connectivity index is 2.11. The van der Waals surface area contributed by atoms with Crippen LogP contribution in [0.25, 0.3) is 10.9 Å². The molecule has 0 aliphatic carbocycles. The average Bonchev–Trinajstić information content (AvgIpc) is 2.47. The summed E-state index contributed by atoms with van der Waals surface area (Å²) in [5.74, 6) is 0.131. The van der Waals surface area contributed by atoms with E-state index in [1.165, 1.54) is 23.0 Å². The van der Waals surface area contributed by atoms with Crippen LogP contribution in [0.5, 0.6) is 0 Å². The van der Waals surface area contributed by atoms with Crippen molar-refractivity contribution < 1.29 is 4.39 Å². The Labute approximate surface area is 120 Å². The van der Waals surface area contributed by atoms with E-state index in [4.69, 9.17) is 0 Å². The molecule has 0 aliphatic heterocycles. The second-order valence-corrected chi connectivity index (χ2v) is 4.59. The molecule has 0 radical (unpaired) electrons. The van der Waals surface area contributed by atoms with E-state index in [-0.39, 0.29) is 11.4 Å². The number of fused-ring (bicyclic) bond motifs is 1. The van der Waals surface area contributed by atoms with E-state index < -0.39 is 0 Å². The summed E-state index contributed by atoms with van der Waals surface area (Å²) in [6.07, 6.45) is 1.44. The Morgan fingerprint density at radius 3 is 2.81 bits per heavy atom. The second-order valence-electron chi connectivity index (χ2n) is 4.59. The van der Waals surface area contributed by atoms with Gasteiger partial charge < -0.3 is 0 Å². The molecule has 4 nitrogen and oxygen atoms in total. The Morgan fingerprint density at radius 2 is 2.00 bits per heavy atom. The molecule has 0 bridgehead atoms. The van der Waals surface area contributed by atoms with Crippen molar-refractivity contribution in [1.29, 1.82) is 0 Å².